The number of hydrogen-bond donors (Lipinski definition) is 9. The molecule has 0 saturated carbocycles. The van der Waals surface area contributed by atoms with Crippen LogP contribution >= 0.6 is 0 Å². The molecule has 13 atom stereocenters. The molecule has 0 radical (unpaired) electrons. The summed E-state index contributed by atoms with van der Waals surface area (Å²) >= 11 is 0. The van der Waals surface area contributed by atoms with Crippen molar-refractivity contribution in [3.63, 3.8) is 0 Å². The molecule has 406 valence electrons. The fourth-order valence-electron chi connectivity index (χ4n) is 8.15. The Bertz CT molecular complexity index is 2350. The Morgan fingerprint density at radius 2 is 1.43 bits per heavy atom. The molecule has 0 spiro atoms. The SMILES string of the molecule is CC[C@H](C)[C@H]1NC(=O)[C@@H](NC(=O)[C@H](C)[C@H](O)C(C)C)[C@@H](C)OC(=O)[C@@H]2COC(=O)CNC(=O)/C=C/[C@](O)(CC)[C@@H](C)Oc3ccc(cc3)[C@H](NC1=O)C(=O)N(C)[C@@H](Cc1ccccc1)C(=O)N[C@H]([C@@H](C)O)C(=O)N2. The van der Waals surface area contributed by atoms with Crippen molar-refractivity contribution in [1.29, 1.82) is 0 Å². The molecule has 74 heavy (non-hydrogen) atoms. The Morgan fingerprint density at radius 3 is 2.03 bits per heavy atom. The predicted molar refractivity (Wildman–Crippen MR) is 267 cm³/mol. The van der Waals surface area contributed by atoms with Crippen LogP contribution in [0.3, 0.4) is 0 Å². The van der Waals surface area contributed by atoms with Gasteiger partial charge in [-0.15, -0.1) is 0 Å². The summed E-state index contributed by atoms with van der Waals surface area (Å²) < 4.78 is 17.2. The second-order valence-corrected chi connectivity index (χ2v) is 19.3. The molecular formula is C52H73N7O15. The molecule has 5 rings (SSSR count). The smallest absolute Gasteiger partial charge is 0.332 e. The maximum Gasteiger partial charge on any atom is 0.332 e. The van der Waals surface area contributed by atoms with Gasteiger partial charge >= 0.3 is 11.9 Å². The van der Waals surface area contributed by atoms with Gasteiger partial charge < -0.3 is 66.3 Å². The molecule has 22 heteroatoms. The largest absolute Gasteiger partial charge is 0.487 e. The molecule has 7 amide bonds. The minimum atomic E-state index is -1.96. The van der Waals surface area contributed by atoms with Crippen molar-refractivity contribution in [2.75, 3.05) is 20.2 Å². The molecule has 0 aromatic heterocycles. The summed E-state index contributed by atoms with van der Waals surface area (Å²) in [6.07, 6.45) is -3.15. The maximum absolute atomic E-state index is 15.2. The first-order valence-electron chi connectivity index (χ1n) is 24.8. The fraction of sp³-hybridized carbons (Fsp3) is 0.558. The Morgan fingerprint density at radius 1 is 0.811 bits per heavy atom. The van der Waals surface area contributed by atoms with E-state index in [2.05, 4.69) is 31.9 Å². The number of cyclic esters (lactones) is 1. The lowest BCUT2D eigenvalue weighted by Gasteiger charge is -2.34. The van der Waals surface area contributed by atoms with Gasteiger partial charge in [-0.3, -0.25) is 38.4 Å². The van der Waals surface area contributed by atoms with Gasteiger partial charge in [0.1, 0.15) is 66.9 Å². The van der Waals surface area contributed by atoms with Crippen LogP contribution in [-0.2, 0) is 59.0 Å². The van der Waals surface area contributed by atoms with Crippen LogP contribution in [-0.4, -0.2) is 154 Å². The number of likely N-dealkylation sites (N-methyl/N-ethyl adjacent to an activating group) is 1. The molecule has 0 aliphatic carbocycles. The predicted octanol–water partition coefficient (Wildman–Crippen LogP) is 0.0156. The molecule has 4 bridgehead atoms. The number of aliphatic hydroxyl groups is 3. The highest BCUT2D eigenvalue weighted by Crippen LogP contribution is 2.27. The highest BCUT2D eigenvalue weighted by atomic mass is 16.6. The summed E-state index contributed by atoms with van der Waals surface area (Å²) in [5.41, 5.74) is -1.01. The van der Waals surface area contributed by atoms with E-state index in [4.69, 9.17) is 14.2 Å². The van der Waals surface area contributed by atoms with Gasteiger partial charge in [0.2, 0.25) is 41.4 Å². The van der Waals surface area contributed by atoms with Crippen LogP contribution < -0.4 is 36.6 Å². The number of esters is 2. The molecule has 1 saturated heterocycles. The minimum Gasteiger partial charge on any atom is -0.487 e. The summed E-state index contributed by atoms with van der Waals surface area (Å²) in [4.78, 5) is 129. The number of fused-ring (bicyclic) bond motifs is 11. The van der Waals surface area contributed by atoms with Crippen LogP contribution in [0.4, 0.5) is 0 Å². The van der Waals surface area contributed by atoms with Crippen LogP contribution in [0.2, 0.25) is 0 Å². The Balaban J connectivity index is 2.03. The number of benzene rings is 2. The van der Waals surface area contributed by atoms with Crippen LogP contribution in [0.25, 0.3) is 0 Å². The van der Waals surface area contributed by atoms with Gasteiger partial charge in [0.15, 0.2) is 6.04 Å². The van der Waals surface area contributed by atoms with Crippen molar-refractivity contribution in [1.82, 2.24) is 36.8 Å². The Labute approximate surface area is 431 Å². The number of aliphatic hydroxyl groups excluding tert-OH is 2. The van der Waals surface area contributed by atoms with Gasteiger partial charge in [0, 0.05) is 19.5 Å². The van der Waals surface area contributed by atoms with Crippen LogP contribution in [0.1, 0.15) is 92.3 Å². The molecule has 9 N–H and O–H groups in total. The highest BCUT2D eigenvalue weighted by molar-refractivity contribution is 5.98. The van der Waals surface area contributed by atoms with Crippen molar-refractivity contribution in [2.45, 2.75) is 148 Å². The highest BCUT2D eigenvalue weighted by Gasteiger charge is 2.42. The van der Waals surface area contributed by atoms with Gasteiger partial charge in [-0.2, -0.15) is 0 Å². The van der Waals surface area contributed by atoms with Crippen molar-refractivity contribution >= 4 is 53.3 Å². The lowest BCUT2D eigenvalue weighted by atomic mass is 9.93. The molecule has 3 heterocycles. The molecule has 0 unspecified atom stereocenters. The van der Waals surface area contributed by atoms with Gasteiger partial charge in [0.25, 0.3) is 0 Å². The third-order valence-corrected chi connectivity index (χ3v) is 13.5. The number of nitrogens with zero attached hydrogens (tertiary/aromatic N) is 1. The summed E-state index contributed by atoms with van der Waals surface area (Å²) in [7, 11) is 1.30. The Hall–Kier alpha value is -6.91. The molecular weight excluding hydrogens is 963 g/mol. The van der Waals surface area contributed by atoms with E-state index in [9.17, 15) is 53.7 Å². The van der Waals surface area contributed by atoms with E-state index in [1.807, 2.05) is 0 Å². The number of hydrogen-bond acceptors (Lipinski definition) is 15. The van der Waals surface area contributed by atoms with Crippen LogP contribution in [0.5, 0.6) is 5.75 Å². The zero-order chi connectivity index (χ0) is 55.2. The lowest BCUT2D eigenvalue weighted by molar-refractivity contribution is -0.160. The number of carbonyl (C=O) groups is 9. The number of rotatable bonds is 10. The topological polar surface area (TPSA) is 317 Å². The maximum atomic E-state index is 15.2. The number of ether oxygens (including phenoxy) is 3. The number of carbonyl (C=O) groups excluding carboxylic acids is 9. The minimum absolute atomic E-state index is 0.0594. The third-order valence-electron chi connectivity index (χ3n) is 13.5. The molecule has 1 fully saturated rings. The summed E-state index contributed by atoms with van der Waals surface area (Å²) in [6.45, 7) is 12.0. The average molecular weight is 1040 g/mol. The molecule has 2 aromatic carbocycles. The molecule has 3 aliphatic rings. The monoisotopic (exact) mass is 1040 g/mol. The van der Waals surface area contributed by atoms with Crippen molar-refractivity contribution in [3.8, 4) is 5.75 Å². The number of nitrogens with one attached hydrogen (secondary N) is 6. The zero-order valence-electron chi connectivity index (χ0n) is 43.6. The quantitative estimate of drug-likeness (QED) is 0.142. The average Bonchev–Trinajstić information content (AvgIpc) is 3.37. The van der Waals surface area contributed by atoms with E-state index in [-0.39, 0.29) is 30.6 Å². The van der Waals surface area contributed by atoms with E-state index < -0.39 is 150 Å². The fourth-order valence-corrected chi connectivity index (χ4v) is 8.15. The molecule has 3 aliphatic heterocycles. The standard InChI is InChI=1S/C52H73N7O15/c1-11-28(5)40-47(66)58-43-34-18-20-35(21-19-34)74-32(9)52(71,12-2)23-22-38(61)53-25-39(62)72-26-36(51(70)73-31(8)42(49(68)55-40)57-45(64)29(6)44(63)27(3)4)54-48(67)41(30(7)60)56-46(65)37(59(10)50(43)69)24-33-16-14-13-15-17-33/h13-23,27-32,36-37,40-44,60,63,71H,11-12,24-26H2,1-10H3,(H,53,61)(H,54,67)(H,55,68)(H,56,65)(H,57,64)(H,58,66)/b23-22+/t28-,29+,30+,31+,32+,36-,37-,40+,41+,42-,43-,44+,52+/m0/s1. The van der Waals surface area contributed by atoms with Gasteiger partial charge in [0.05, 0.1) is 18.1 Å². The van der Waals surface area contributed by atoms with E-state index in [1.54, 1.807) is 71.9 Å². The summed E-state index contributed by atoms with van der Waals surface area (Å²) in [5.74, 6) is -11.1. The first-order valence-corrected chi connectivity index (χ1v) is 24.8. The summed E-state index contributed by atoms with van der Waals surface area (Å²) in [5, 5.41) is 48.5. The summed E-state index contributed by atoms with van der Waals surface area (Å²) in [6, 6.07) is 4.27. The second-order valence-electron chi connectivity index (χ2n) is 19.3. The van der Waals surface area contributed by atoms with E-state index in [1.165, 1.54) is 58.2 Å². The van der Waals surface area contributed by atoms with Gasteiger partial charge in [-0.25, -0.2) is 4.79 Å². The number of amides is 7. The van der Waals surface area contributed by atoms with Crippen LogP contribution in [0, 0.1) is 17.8 Å². The first kappa shape index (κ1) is 59.7. The second kappa shape index (κ2) is 26.9. The molecule has 2 aromatic rings. The van der Waals surface area contributed by atoms with E-state index in [0.717, 1.165) is 11.0 Å². The van der Waals surface area contributed by atoms with Crippen molar-refractivity contribution in [3.05, 3.63) is 77.9 Å². The Kier molecular flexibility index (Phi) is 21.7. The van der Waals surface area contributed by atoms with Gasteiger partial charge in [-0.1, -0.05) is 90.4 Å². The molecule has 22 nitrogen and oxygen atoms in total. The first-order chi connectivity index (χ1) is 34.8. The van der Waals surface area contributed by atoms with Crippen molar-refractivity contribution in [2.24, 2.45) is 17.8 Å². The van der Waals surface area contributed by atoms with Crippen LogP contribution in [0.15, 0.2) is 66.7 Å². The van der Waals surface area contributed by atoms with E-state index in [0.29, 0.717) is 5.56 Å². The third kappa shape index (κ3) is 15.8. The normalized spacial score (nSPS) is 28.5. The zero-order valence-corrected chi connectivity index (χ0v) is 43.6. The van der Waals surface area contributed by atoms with E-state index >= 15 is 4.79 Å². The lowest BCUT2D eigenvalue weighted by Crippen LogP contribution is -2.61. The van der Waals surface area contributed by atoms with Gasteiger partial charge in [-0.05, 0) is 68.4 Å². The van der Waals surface area contributed by atoms with Crippen molar-refractivity contribution < 1.29 is 72.7 Å².